The lowest BCUT2D eigenvalue weighted by Gasteiger charge is -2.13. The lowest BCUT2D eigenvalue weighted by Crippen LogP contribution is -2.13. The van der Waals surface area contributed by atoms with E-state index in [1.165, 1.54) is 6.07 Å². The summed E-state index contributed by atoms with van der Waals surface area (Å²) in [5, 5.41) is -0.0503. The van der Waals surface area contributed by atoms with E-state index in [-0.39, 0.29) is 11.1 Å². The van der Waals surface area contributed by atoms with Gasteiger partial charge in [-0.3, -0.25) is 4.57 Å². The lowest BCUT2D eigenvalue weighted by atomic mass is 10.2. The monoisotopic (exact) mass is 230 g/mol. The Morgan fingerprint density at radius 2 is 1.93 bits per heavy atom. The van der Waals surface area contributed by atoms with Crippen molar-refractivity contribution in [2.24, 2.45) is 5.92 Å². The minimum absolute atomic E-state index is 0.0503. The van der Waals surface area contributed by atoms with Crippen LogP contribution in [0.1, 0.15) is 13.8 Å². The highest BCUT2D eigenvalue weighted by Crippen LogP contribution is 2.37. The quantitative estimate of drug-likeness (QED) is 0.769. The number of hydrogen-bond acceptors (Lipinski definition) is 2. The van der Waals surface area contributed by atoms with E-state index in [0.717, 1.165) is 0 Å². The number of benzene rings is 1. The average molecular weight is 230 g/mol. The van der Waals surface area contributed by atoms with Crippen LogP contribution in [0.25, 0.3) is 0 Å². The van der Waals surface area contributed by atoms with Crippen LogP contribution in [0, 0.1) is 5.92 Å². The van der Waals surface area contributed by atoms with Gasteiger partial charge in [-0.05, 0) is 18.1 Å². The topological polar surface area (TPSA) is 66.8 Å². The van der Waals surface area contributed by atoms with Crippen LogP contribution in [0.4, 0.5) is 0 Å². The fourth-order valence-electron chi connectivity index (χ4n) is 1.08. The van der Waals surface area contributed by atoms with Gasteiger partial charge < -0.3 is 14.5 Å². The molecule has 0 saturated carbocycles. The van der Waals surface area contributed by atoms with Crippen LogP contribution < -0.4 is 10.0 Å². The highest BCUT2D eigenvalue weighted by atomic mass is 31.2. The summed E-state index contributed by atoms with van der Waals surface area (Å²) in [7, 11) is -4.24. The molecule has 4 nitrogen and oxygen atoms in total. The molecule has 0 heterocycles. The largest absolute Gasteiger partial charge is 0.492 e. The van der Waals surface area contributed by atoms with E-state index in [9.17, 15) is 4.57 Å². The van der Waals surface area contributed by atoms with Crippen molar-refractivity contribution in [3.8, 4) is 5.75 Å². The SMILES string of the molecule is CC(C)COc1ccccc1P(=O)(O)O. The van der Waals surface area contributed by atoms with Crippen molar-refractivity contribution in [3.63, 3.8) is 0 Å². The van der Waals surface area contributed by atoms with Crippen LogP contribution in [0.3, 0.4) is 0 Å². The van der Waals surface area contributed by atoms with Gasteiger partial charge in [-0.1, -0.05) is 26.0 Å². The third kappa shape index (κ3) is 3.67. The molecule has 0 aliphatic heterocycles. The normalized spacial score (nSPS) is 11.8. The van der Waals surface area contributed by atoms with Crippen molar-refractivity contribution in [3.05, 3.63) is 24.3 Å². The standard InChI is InChI=1S/C10H15O4P/c1-8(2)7-14-9-5-3-4-6-10(9)15(11,12)13/h3-6,8H,7H2,1-2H3,(H2,11,12,13). The molecule has 15 heavy (non-hydrogen) atoms. The minimum Gasteiger partial charge on any atom is -0.492 e. The Morgan fingerprint density at radius 1 is 1.33 bits per heavy atom. The van der Waals surface area contributed by atoms with E-state index in [1.807, 2.05) is 13.8 Å². The molecule has 0 aliphatic rings. The molecule has 2 N–H and O–H groups in total. The Bertz CT molecular complexity index is 369. The zero-order chi connectivity index (χ0) is 11.5. The van der Waals surface area contributed by atoms with Gasteiger partial charge in [-0.2, -0.15) is 0 Å². The molecule has 0 amide bonds. The summed E-state index contributed by atoms with van der Waals surface area (Å²) in [6, 6.07) is 6.22. The van der Waals surface area contributed by atoms with Crippen molar-refractivity contribution < 1.29 is 19.1 Å². The van der Waals surface area contributed by atoms with Gasteiger partial charge >= 0.3 is 7.60 Å². The van der Waals surface area contributed by atoms with Gasteiger partial charge in [0.15, 0.2) is 0 Å². The van der Waals surface area contributed by atoms with E-state index in [2.05, 4.69) is 0 Å². The van der Waals surface area contributed by atoms with Gasteiger partial charge in [-0.25, -0.2) is 0 Å². The van der Waals surface area contributed by atoms with E-state index < -0.39 is 7.60 Å². The summed E-state index contributed by atoms with van der Waals surface area (Å²) in [6.45, 7) is 4.39. The van der Waals surface area contributed by atoms with Crippen molar-refractivity contribution in [2.45, 2.75) is 13.8 Å². The number of hydrogen-bond donors (Lipinski definition) is 2. The van der Waals surface area contributed by atoms with Crippen LogP contribution in [0.15, 0.2) is 24.3 Å². The molecule has 0 aromatic heterocycles. The summed E-state index contributed by atoms with van der Waals surface area (Å²) in [5.41, 5.74) is 0. The zero-order valence-corrected chi connectivity index (χ0v) is 9.65. The maximum absolute atomic E-state index is 11.1. The molecule has 0 aliphatic carbocycles. The molecule has 1 aromatic carbocycles. The number of ether oxygens (including phenoxy) is 1. The first kappa shape index (κ1) is 12.2. The predicted octanol–water partition coefficient (Wildman–Crippen LogP) is 1.52. The van der Waals surface area contributed by atoms with Gasteiger partial charge in [0.05, 0.1) is 6.61 Å². The second-order valence-electron chi connectivity index (χ2n) is 3.72. The van der Waals surface area contributed by atoms with E-state index in [4.69, 9.17) is 14.5 Å². The molecule has 1 rings (SSSR count). The van der Waals surface area contributed by atoms with Crippen molar-refractivity contribution in [2.75, 3.05) is 6.61 Å². The van der Waals surface area contributed by atoms with E-state index in [0.29, 0.717) is 12.5 Å². The first-order valence-electron chi connectivity index (χ1n) is 4.69. The molecular weight excluding hydrogens is 215 g/mol. The van der Waals surface area contributed by atoms with Gasteiger partial charge in [0.2, 0.25) is 0 Å². The summed E-state index contributed by atoms with van der Waals surface area (Å²) >= 11 is 0. The van der Waals surface area contributed by atoms with Crippen molar-refractivity contribution >= 4 is 12.9 Å². The van der Waals surface area contributed by atoms with E-state index >= 15 is 0 Å². The number of rotatable bonds is 4. The molecule has 5 heteroatoms. The molecule has 0 radical (unpaired) electrons. The number of para-hydroxylation sites is 1. The van der Waals surface area contributed by atoms with E-state index in [1.54, 1.807) is 18.2 Å². The third-order valence-electron chi connectivity index (χ3n) is 1.75. The summed E-state index contributed by atoms with van der Waals surface area (Å²) < 4.78 is 16.4. The van der Waals surface area contributed by atoms with Crippen molar-refractivity contribution in [1.29, 1.82) is 0 Å². The van der Waals surface area contributed by atoms with Gasteiger partial charge in [0.1, 0.15) is 11.1 Å². The highest BCUT2D eigenvalue weighted by Gasteiger charge is 2.21. The third-order valence-corrected chi connectivity index (χ3v) is 2.75. The molecule has 84 valence electrons. The molecule has 0 fully saturated rings. The van der Waals surface area contributed by atoms with Crippen LogP contribution in [-0.4, -0.2) is 16.4 Å². The fourth-order valence-corrected chi connectivity index (χ4v) is 1.78. The van der Waals surface area contributed by atoms with Gasteiger partial charge in [0.25, 0.3) is 0 Å². The lowest BCUT2D eigenvalue weighted by molar-refractivity contribution is 0.272. The fraction of sp³-hybridized carbons (Fsp3) is 0.400. The Kier molecular flexibility index (Phi) is 3.91. The second-order valence-corrected chi connectivity index (χ2v) is 5.29. The predicted molar refractivity (Wildman–Crippen MR) is 58.5 cm³/mol. The molecule has 1 aromatic rings. The second kappa shape index (κ2) is 4.79. The summed E-state index contributed by atoms with van der Waals surface area (Å²) in [4.78, 5) is 18.1. The summed E-state index contributed by atoms with van der Waals surface area (Å²) in [6.07, 6.45) is 0. The molecule has 0 saturated heterocycles. The zero-order valence-electron chi connectivity index (χ0n) is 8.75. The molecule has 0 atom stereocenters. The van der Waals surface area contributed by atoms with Crippen LogP contribution >= 0.6 is 7.60 Å². The summed E-state index contributed by atoms with van der Waals surface area (Å²) in [5.74, 6) is 0.578. The minimum atomic E-state index is -4.24. The highest BCUT2D eigenvalue weighted by molar-refractivity contribution is 7.60. The Hall–Kier alpha value is -0.830. The van der Waals surface area contributed by atoms with Gasteiger partial charge in [-0.15, -0.1) is 0 Å². The van der Waals surface area contributed by atoms with Crippen molar-refractivity contribution in [1.82, 2.24) is 0 Å². The molecule has 0 spiro atoms. The Labute approximate surface area is 89.1 Å². The first-order valence-corrected chi connectivity index (χ1v) is 6.30. The Balaban J connectivity index is 2.92. The van der Waals surface area contributed by atoms with Crippen LogP contribution in [0.2, 0.25) is 0 Å². The van der Waals surface area contributed by atoms with Crippen LogP contribution in [-0.2, 0) is 4.57 Å². The molecule has 0 unspecified atom stereocenters. The maximum atomic E-state index is 11.1. The molecule has 0 bridgehead atoms. The van der Waals surface area contributed by atoms with Crippen LogP contribution in [0.5, 0.6) is 5.75 Å². The van der Waals surface area contributed by atoms with Gasteiger partial charge in [0, 0.05) is 0 Å². The average Bonchev–Trinajstić information content (AvgIpc) is 2.13. The smallest absolute Gasteiger partial charge is 0.359 e. The maximum Gasteiger partial charge on any atom is 0.359 e. The molecular formula is C10H15O4P. The Morgan fingerprint density at radius 3 is 2.47 bits per heavy atom. The first-order chi connectivity index (χ1) is 6.91.